The first kappa shape index (κ1) is 25.0. The van der Waals surface area contributed by atoms with Crippen LogP contribution in [-0.2, 0) is 9.59 Å². The molecule has 0 spiro atoms. The lowest BCUT2D eigenvalue weighted by Gasteiger charge is -2.40. The number of rotatable bonds is 8. The van der Waals surface area contributed by atoms with Crippen molar-refractivity contribution in [3.63, 3.8) is 0 Å². The molecule has 2 N–H and O–H groups in total. The number of H-pyrrole nitrogens is 1. The van der Waals surface area contributed by atoms with Gasteiger partial charge in [0.05, 0.1) is 7.11 Å². The normalized spacial score (nSPS) is 23.3. The minimum atomic E-state index is -0.761. The van der Waals surface area contributed by atoms with Crippen LogP contribution in [0, 0.1) is 18.3 Å². The standard InChI is InChI=1S/C32H39N3O3/c1-20-28(24-9-5-6-10-26(24)33-20)29-25(31(29,2)3)19-27(36)35(22-13-14-22)32(17-7-8-18-32)30(37)34-21-11-15-23(38-4)16-12-21/h5-6,9-12,15-16,22,25,29,33H,7-8,13-14,17-19H2,1-4H3,(H,34,37)/t25-,29+/m1/s1. The molecule has 2 atom stereocenters. The Morgan fingerprint density at radius 1 is 1.05 bits per heavy atom. The van der Waals surface area contributed by atoms with Gasteiger partial charge in [-0.05, 0) is 85.8 Å². The van der Waals surface area contributed by atoms with Crippen LogP contribution in [0.15, 0.2) is 48.5 Å². The van der Waals surface area contributed by atoms with Gasteiger partial charge in [0.2, 0.25) is 11.8 Å². The number of hydrogen-bond acceptors (Lipinski definition) is 3. The number of methoxy groups -OCH3 is 1. The Morgan fingerprint density at radius 2 is 1.74 bits per heavy atom. The lowest BCUT2D eigenvalue weighted by atomic mass is 9.91. The number of amides is 2. The summed E-state index contributed by atoms with van der Waals surface area (Å²) in [5.41, 5.74) is 3.73. The number of para-hydroxylation sites is 1. The van der Waals surface area contributed by atoms with Crippen LogP contribution < -0.4 is 10.1 Å². The van der Waals surface area contributed by atoms with Gasteiger partial charge in [0, 0.05) is 34.7 Å². The molecule has 3 aromatic rings. The van der Waals surface area contributed by atoms with E-state index in [-0.39, 0.29) is 29.2 Å². The van der Waals surface area contributed by atoms with Crippen molar-refractivity contribution in [2.45, 2.75) is 83.2 Å². The molecular weight excluding hydrogens is 474 g/mol. The van der Waals surface area contributed by atoms with E-state index >= 15 is 0 Å². The van der Waals surface area contributed by atoms with Crippen molar-refractivity contribution in [3.8, 4) is 5.75 Å². The average molecular weight is 514 g/mol. The number of aromatic amines is 1. The second-order valence-electron chi connectivity index (χ2n) is 12.2. The van der Waals surface area contributed by atoms with E-state index in [0.29, 0.717) is 12.3 Å². The summed E-state index contributed by atoms with van der Waals surface area (Å²) in [6, 6.07) is 16.1. The lowest BCUT2D eigenvalue weighted by molar-refractivity contribution is -0.146. The third-order valence-electron chi connectivity index (χ3n) is 9.54. The van der Waals surface area contributed by atoms with E-state index in [2.05, 4.69) is 55.3 Å². The van der Waals surface area contributed by atoms with Crippen molar-refractivity contribution < 1.29 is 14.3 Å². The molecule has 38 heavy (non-hydrogen) atoms. The fourth-order valence-electron chi connectivity index (χ4n) is 7.27. The van der Waals surface area contributed by atoms with Crippen LogP contribution in [0.1, 0.15) is 76.0 Å². The summed E-state index contributed by atoms with van der Waals surface area (Å²) in [4.78, 5) is 33.7. The zero-order valence-corrected chi connectivity index (χ0v) is 23.0. The van der Waals surface area contributed by atoms with E-state index in [1.807, 2.05) is 29.2 Å². The summed E-state index contributed by atoms with van der Waals surface area (Å²) in [5.74, 6) is 1.45. The maximum Gasteiger partial charge on any atom is 0.250 e. The van der Waals surface area contributed by atoms with E-state index in [1.54, 1.807) is 7.11 Å². The number of carbonyl (C=O) groups excluding carboxylic acids is 2. The van der Waals surface area contributed by atoms with Crippen molar-refractivity contribution >= 4 is 28.4 Å². The van der Waals surface area contributed by atoms with Gasteiger partial charge in [0.1, 0.15) is 11.3 Å². The second-order valence-corrected chi connectivity index (χ2v) is 12.2. The smallest absolute Gasteiger partial charge is 0.250 e. The quantitative estimate of drug-likeness (QED) is 0.358. The number of hydrogen-bond donors (Lipinski definition) is 2. The maximum atomic E-state index is 14.2. The van der Waals surface area contributed by atoms with Crippen molar-refractivity contribution in [3.05, 3.63) is 59.8 Å². The molecule has 0 bridgehead atoms. The highest BCUT2D eigenvalue weighted by Crippen LogP contribution is 2.67. The van der Waals surface area contributed by atoms with Gasteiger partial charge in [-0.15, -0.1) is 0 Å². The molecule has 0 saturated heterocycles. The van der Waals surface area contributed by atoms with E-state index in [9.17, 15) is 9.59 Å². The monoisotopic (exact) mass is 513 g/mol. The summed E-state index contributed by atoms with van der Waals surface area (Å²) in [6.07, 6.45) is 5.87. The molecule has 6 heteroatoms. The number of carbonyl (C=O) groups is 2. The van der Waals surface area contributed by atoms with E-state index in [4.69, 9.17) is 4.74 Å². The van der Waals surface area contributed by atoms with Crippen LogP contribution in [0.3, 0.4) is 0 Å². The van der Waals surface area contributed by atoms with Gasteiger partial charge in [-0.25, -0.2) is 0 Å². The van der Waals surface area contributed by atoms with Crippen molar-refractivity contribution in [1.82, 2.24) is 9.88 Å². The van der Waals surface area contributed by atoms with Crippen LogP contribution in [0.5, 0.6) is 5.75 Å². The van der Waals surface area contributed by atoms with Crippen molar-refractivity contribution in [1.29, 1.82) is 0 Å². The summed E-state index contributed by atoms with van der Waals surface area (Å²) < 4.78 is 5.26. The molecule has 1 heterocycles. The number of fused-ring (bicyclic) bond motifs is 1. The van der Waals surface area contributed by atoms with Gasteiger partial charge in [-0.1, -0.05) is 44.9 Å². The molecule has 2 aromatic carbocycles. The van der Waals surface area contributed by atoms with Crippen LogP contribution in [-0.4, -0.2) is 40.4 Å². The Hall–Kier alpha value is -3.28. The fourth-order valence-corrected chi connectivity index (χ4v) is 7.27. The van der Waals surface area contributed by atoms with E-state index in [0.717, 1.165) is 55.5 Å². The number of benzene rings is 2. The Labute approximate surface area is 225 Å². The third kappa shape index (κ3) is 4.09. The van der Waals surface area contributed by atoms with Crippen LogP contribution in [0.4, 0.5) is 5.69 Å². The Kier molecular flexibility index (Phi) is 6.04. The second kappa shape index (κ2) is 9.18. The van der Waals surface area contributed by atoms with Crippen LogP contribution in [0.25, 0.3) is 10.9 Å². The van der Waals surface area contributed by atoms with Crippen LogP contribution in [0.2, 0.25) is 0 Å². The molecule has 1 aromatic heterocycles. The molecule has 0 radical (unpaired) electrons. The van der Waals surface area contributed by atoms with Crippen molar-refractivity contribution in [2.75, 3.05) is 12.4 Å². The molecule has 3 fully saturated rings. The predicted molar refractivity (Wildman–Crippen MR) is 150 cm³/mol. The Morgan fingerprint density at radius 3 is 2.39 bits per heavy atom. The summed E-state index contributed by atoms with van der Waals surface area (Å²) in [5, 5.41) is 4.41. The molecule has 3 saturated carbocycles. The SMILES string of the molecule is COc1ccc(NC(=O)C2(N(C(=O)C[C@@H]3[C@@H](c4c(C)[nH]c5ccccc45)C3(C)C)C3CC3)CCCC2)cc1. The summed E-state index contributed by atoms with van der Waals surface area (Å²) in [6.45, 7) is 6.73. The van der Waals surface area contributed by atoms with Gasteiger partial charge in [-0.2, -0.15) is 0 Å². The largest absolute Gasteiger partial charge is 0.497 e. The zero-order valence-electron chi connectivity index (χ0n) is 23.0. The average Bonchev–Trinajstić information content (AvgIpc) is 3.68. The topological polar surface area (TPSA) is 74.4 Å². The Balaban J connectivity index is 1.25. The molecule has 2 amide bonds. The first-order valence-electron chi connectivity index (χ1n) is 14.1. The number of aromatic nitrogens is 1. The highest BCUT2D eigenvalue weighted by Gasteiger charge is 2.61. The molecular formula is C32H39N3O3. The first-order valence-corrected chi connectivity index (χ1v) is 14.1. The summed E-state index contributed by atoms with van der Waals surface area (Å²) >= 11 is 0. The lowest BCUT2D eigenvalue weighted by Crippen LogP contribution is -2.58. The molecule has 6 nitrogen and oxygen atoms in total. The highest BCUT2D eigenvalue weighted by molar-refractivity contribution is 6.01. The molecule has 0 unspecified atom stereocenters. The molecule has 3 aliphatic rings. The van der Waals surface area contributed by atoms with E-state index in [1.165, 1.54) is 16.6 Å². The number of nitrogens with one attached hydrogen (secondary N) is 2. The van der Waals surface area contributed by atoms with Crippen molar-refractivity contribution in [2.24, 2.45) is 11.3 Å². The summed E-state index contributed by atoms with van der Waals surface area (Å²) in [7, 11) is 1.63. The van der Waals surface area contributed by atoms with Gasteiger partial charge < -0.3 is 19.9 Å². The molecule has 200 valence electrons. The number of anilines is 1. The third-order valence-corrected chi connectivity index (χ3v) is 9.54. The highest BCUT2D eigenvalue weighted by atomic mass is 16.5. The first-order chi connectivity index (χ1) is 18.3. The minimum Gasteiger partial charge on any atom is -0.497 e. The minimum absolute atomic E-state index is 0.0365. The van der Waals surface area contributed by atoms with Gasteiger partial charge in [-0.3, -0.25) is 9.59 Å². The number of aryl methyl sites for hydroxylation is 1. The molecule has 0 aliphatic heterocycles. The fraction of sp³-hybridized carbons (Fsp3) is 0.500. The molecule has 6 rings (SSSR count). The number of nitrogens with zero attached hydrogens (tertiary/aromatic N) is 1. The van der Waals surface area contributed by atoms with Gasteiger partial charge >= 0.3 is 0 Å². The zero-order chi connectivity index (χ0) is 26.7. The van der Waals surface area contributed by atoms with Gasteiger partial charge in [0.25, 0.3) is 0 Å². The predicted octanol–water partition coefficient (Wildman–Crippen LogP) is 6.56. The number of ether oxygens (including phenoxy) is 1. The maximum absolute atomic E-state index is 14.2. The van der Waals surface area contributed by atoms with Crippen LogP contribution >= 0.6 is 0 Å². The van der Waals surface area contributed by atoms with E-state index < -0.39 is 5.54 Å². The van der Waals surface area contributed by atoms with Gasteiger partial charge in [0.15, 0.2) is 0 Å². The molecule has 3 aliphatic carbocycles. The Bertz CT molecular complexity index is 1360.